The van der Waals surface area contributed by atoms with Gasteiger partial charge < -0.3 is 10.3 Å². The Kier molecular flexibility index (Phi) is 4.10. The maximum absolute atomic E-state index is 11.4. The van der Waals surface area contributed by atoms with Crippen molar-refractivity contribution in [3.8, 4) is 0 Å². The van der Waals surface area contributed by atoms with Gasteiger partial charge in [0.1, 0.15) is 0 Å². The number of H-pyrrole nitrogens is 1. The lowest BCUT2D eigenvalue weighted by atomic mass is 10.3. The number of rotatable bonds is 5. The summed E-state index contributed by atoms with van der Waals surface area (Å²) in [7, 11) is 0. The van der Waals surface area contributed by atoms with Crippen molar-refractivity contribution in [3.05, 3.63) is 34.5 Å². The van der Waals surface area contributed by atoms with Crippen LogP contribution in [0, 0.1) is 13.8 Å². The molecule has 0 radical (unpaired) electrons. The number of aromatic amines is 1. The average Bonchev–Trinajstić information content (AvgIpc) is 2.48. The third-order valence-corrected chi connectivity index (χ3v) is 2.49. The maximum Gasteiger partial charge on any atom is 0.325 e. The SMILES string of the molecule is C=CCNC(=O)CCn1c(C)c(C)[nH]c1=O. The van der Waals surface area contributed by atoms with Gasteiger partial charge in [0, 0.05) is 30.9 Å². The fourth-order valence-corrected chi connectivity index (χ4v) is 1.43. The van der Waals surface area contributed by atoms with Crippen LogP contribution in [0.15, 0.2) is 17.4 Å². The predicted octanol–water partition coefficient (Wildman–Crippen LogP) is 0.486. The van der Waals surface area contributed by atoms with Crippen LogP contribution in [0.25, 0.3) is 0 Å². The van der Waals surface area contributed by atoms with Gasteiger partial charge in [-0.3, -0.25) is 9.36 Å². The number of aromatic nitrogens is 2. The number of aryl methyl sites for hydroxylation is 1. The van der Waals surface area contributed by atoms with Crippen molar-refractivity contribution < 1.29 is 4.79 Å². The summed E-state index contributed by atoms with van der Waals surface area (Å²) in [6, 6.07) is 0. The number of nitrogens with zero attached hydrogens (tertiary/aromatic N) is 1. The van der Waals surface area contributed by atoms with Crippen LogP contribution in [0.5, 0.6) is 0 Å². The van der Waals surface area contributed by atoms with E-state index in [-0.39, 0.29) is 11.6 Å². The van der Waals surface area contributed by atoms with Gasteiger partial charge in [0.05, 0.1) is 0 Å². The summed E-state index contributed by atoms with van der Waals surface area (Å²) in [4.78, 5) is 25.5. The number of amides is 1. The number of nitrogens with one attached hydrogen (secondary N) is 2. The van der Waals surface area contributed by atoms with E-state index in [1.807, 2.05) is 13.8 Å². The van der Waals surface area contributed by atoms with E-state index in [0.717, 1.165) is 11.4 Å². The molecular formula is C11H17N3O2. The topological polar surface area (TPSA) is 66.9 Å². The molecule has 1 rings (SSSR count). The lowest BCUT2D eigenvalue weighted by Crippen LogP contribution is -2.27. The van der Waals surface area contributed by atoms with Gasteiger partial charge in [-0.25, -0.2) is 4.79 Å². The molecule has 0 unspecified atom stereocenters. The Balaban J connectivity index is 2.58. The van der Waals surface area contributed by atoms with Gasteiger partial charge in [-0.1, -0.05) is 6.08 Å². The highest BCUT2D eigenvalue weighted by Gasteiger charge is 2.07. The fourth-order valence-electron chi connectivity index (χ4n) is 1.43. The van der Waals surface area contributed by atoms with Crippen molar-refractivity contribution in [3.63, 3.8) is 0 Å². The predicted molar refractivity (Wildman–Crippen MR) is 62.4 cm³/mol. The van der Waals surface area contributed by atoms with E-state index in [2.05, 4.69) is 16.9 Å². The van der Waals surface area contributed by atoms with Crippen molar-refractivity contribution >= 4 is 5.91 Å². The van der Waals surface area contributed by atoms with Gasteiger partial charge in [-0.05, 0) is 13.8 Å². The largest absolute Gasteiger partial charge is 0.353 e. The molecule has 2 N–H and O–H groups in total. The minimum Gasteiger partial charge on any atom is -0.353 e. The van der Waals surface area contributed by atoms with E-state index >= 15 is 0 Å². The fraction of sp³-hybridized carbons (Fsp3) is 0.455. The zero-order valence-electron chi connectivity index (χ0n) is 9.67. The molecule has 0 aliphatic heterocycles. The molecule has 1 aromatic heterocycles. The average molecular weight is 223 g/mol. The molecular weight excluding hydrogens is 206 g/mol. The van der Waals surface area contributed by atoms with Crippen LogP contribution in [0.4, 0.5) is 0 Å². The minimum atomic E-state index is -0.161. The molecule has 0 saturated carbocycles. The van der Waals surface area contributed by atoms with Crippen molar-refractivity contribution in [2.75, 3.05) is 6.54 Å². The van der Waals surface area contributed by atoms with Crippen LogP contribution >= 0.6 is 0 Å². The van der Waals surface area contributed by atoms with Crippen molar-refractivity contribution in [2.45, 2.75) is 26.8 Å². The first-order valence-corrected chi connectivity index (χ1v) is 5.20. The van der Waals surface area contributed by atoms with Crippen LogP contribution < -0.4 is 11.0 Å². The number of hydrogen-bond acceptors (Lipinski definition) is 2. The normalized spacial score (nSPS) is 10.1. The molecule has 0 aromatic carbocycles. The van der Waals surface area contributed by atoms with Gasteiger partial charge in [0.25, 0.3) is 0 Å². The summed E-state index contributed by atoms with van der Waals surface area (Å²) >= 11 is 0. The van der Waals surface area contributed by atoms with Crippen LogP contribution in [0.3, 0.4) is 0 Å². The number of hydrogen-bond donors (Lipinski definition) is 2. The summed E-state index contributed by atoms with van der Waals surface area (Å²) in [6.07, 6.45) is 1.92. The molecule has 88 valence electrons. The Labute approximate surface area is 94.2 Å². The van der Waals surface area contributed by atoms with Crippen LogP contribution in [0.2, 0.25) is 0 Å². The monoisotopic (exact) mass is 223 g/mol. The molecule has 0 fully saturated rings. The van der Waals surface area contributed by atoms with E-state index in [1.165, 1.54) is 0 Å². The van der Waals surface area contributed by atoms with Gasteiger partial charge >= 0.3 is 5.69 Å². The number of carbonyl (C=O) groups excluding carboxylic acids is 1. The van der Waals surface area contributed by atoms with E-state index in [4.69, 9.17) is 0 Å². The first-order valence-electron chi connectivity index (χ1n) is 5.20. The molecule has 0 aliphatic carbocycles. The third-order valence-electron chi connectivity index (χ3n) is 2.49. The van der Waals surface area contributed by atoms with E-state index in [0.29, 0.717) is 19.5 Å². The van der Waals surface area contributed by atoms with Gasteiger partial charge in [-0.15, -0.1) is 6.58 Å². The Morgan fingerprint density at radius 1 is 1.56 bits per heavy atom. The van der Waals surface area contributed by atoms with Gasteiger partial charge in [-0.2, -0.15) is 0 Å². The molecule has 0 bridgehead atoms. The lowest BCUT2D eigenvalue weighted by molar-refractivity contribution is -0.121. The zero-order valence-corrected chi connectivity index (χ0v) is 9.67. The highest BCUT2D eigenvalue weighted by molar-refractivity contribution is 5.75. The Morgan fingerprint density at radius 3 is 2.75 bits per heavy atom. The molecule has 5 nitrogen and oxygen atoms in total. The standard InChI is InChI=1S/C11H17N3O2/c1-4-6-12-10(15)5-7-14-9(3)8(2)13-11(14)16/h4H,1,5-7H2,2-3H3,(H,12,15)(H,13,16). The molecule has 1 amide bonds. The smallest absolute Gasteiger partial charge is 0.325 e. The zero-order chi connectivity index (χ0) is 12.1. The third kappa shape index (κ3) is 2.85. The van der Waals surface area contributed by atoms with E-state index < -0.39 is 0 Å². The second-order valence-corrected chi connectivity index (χ2v) is 3.63. The van der Waals surface area contributed by atoms with Crippen LogP contribution in [-0.2, 0) is 11.3 Å². The first-order chi connectivity index (χ1) is 7.56. The summed E-state index contributed by atoms with van der Waals surface area (Å²) in [6.45, 7) is 8.06. The lowest BCUT2D eigenvalue weighted by Gasteiger charge is -2.04. The van der Waals surface area contributed by atoms with Crippen LogP contribution in [0.1, 0.15) is 17.8 Å². The Morgan fingerprint density at radius 2 is 2.25 bits per heavy atom. The van der Waals surface area contributed by atoms with Gasteiger partial charge in [0.2, 0.25) is 5.91 Å². The molecule has 1 aromatic rings. The Bertz CT molecular complexity index is 443. The minimum absolute atomic E-state index is 0.0787. The maximum atomic E-state index is 11.4. The van der Waals surface area contributed by atoms with Crippen molar-refractivity contribution in [1.29, 1.82) is 0 Å². The quantitative estimate of drug-likeness (QED) is 0.713. The second kappa shape index (κ2) is 5.34. The van der Waals surface area contributed by atoms with Crippen LogP contribution in [-0.4, -0.2) is 22.0 Å². The highest BCUT2D eigenvalue weighted by Crippen LogP contribution is 2.00. The molecule has 0 atom stereocenters. The van der Waals surface area contributed by atoms with Gasteiger partial charge in [0.15, 0.2) is 0 Å². The highest BCUT2D eigenvalue weighted by atomic mass is 16.2. The molecule has 5 heteroatoms. The van der Waals surface area contributed by atoms with Crippen molar-refractivity contribution in [1.82, 2.24) is 14.9 Å². The Hall–Kier alpha value is -1.78. The second-order valence-electron chi connectivity index (χ2n) is 3.63. The van der Waals surface area contributed by atoms with E-state index in [9.17, 15) is 9.59 Å². The molecule has 0 saturated heterocycles. The number of carbonyl (C=O) groups is 1. The summed E-state index contributed by atoms with van der Waals surface area (Å²) in [5.74, 6) is -0.0787. The molecule has 0 spiro atoms. The summed E-state index contributed by atoms with van der Waals surface area (Å²) in [5.41, 5.74) is 1.56. The molecule has 1 heterocycles. The van der Waals surface area contributed by atoms with Crippen molar-refractivity contribution in [2.24, 2.45) is 0 Å². The molecule has 16 heavy (non-hydrogen) atoms. The van der Waals surface area contributed by atoms with E-state index in [1.54, 1.807) is 10.6 Å². The summed E-state index contributed by atoms with van der Waals surface area (Å²) in [5, 5.41) is 2.67. The molecule has 0 aliphatic rings. The summed E-state index contributed by atoms with van der Waals surface area (Å²) < 4.78 is 1.57. The number of imidazole rings is 1. The first kappa shape index (κ1) is 12.3.